The molecule has 0 aliphatic heterocycles. The molecule has 1 unspecified atom stereocenters. The third-order valence-corrected chi connectivity index (χ3v) is 9.01. The van der Waals surface area contributed by atoms with Gasteiger partial charge in [0.1, 0.15) is 0 Å². The largest absolute Gasteiger partial charge is 0.355 e. The summed E-state index contributed by atoms with van der Waals surface area (Å²) in [5.41, 5.74) is 12.7. The van der Waals surface area contributed by atoms with E-state index in [0.717, 1.165) is 11.4 Å². The fraction of sp³-hybridized carbons (Fsp3) is 0.0256. The SMILES string of the molecule is c1ccc2c(c1)-c1cc(Nc3ccc4ccccc4c3)ccc1C21c2ccccc2-c2ccc3ccccc3c21. The molecule has 1 atom stereocenters. The van der Waals surface area contributed by atoms with Gasteiger partial charge in [0.15, 0.2) is 0 Å². The minimum atomic E-state index is -0.347. The Kier molecular flexibility index (Phi) is 4.32. The number of hydrogen-bond acceptors (Lipinski definition) is 1. The van der Waals surface area contributed by atoms with Gasteiger partial charge in [0, 0.05) is 11.4 Å². The molecule has 2 aliphatic rings. The normalized spacial score (nSPS) is 16.1. The fourth-order valence-corrected chi connectivity index (χ4v) is 7.43. The molecule has 0 fully saturated rings. The minimum Gasteiger partial charge on any atom is -0.355 e. The van der Waals surface area contributed by atoms with Gasteiger partial charge in [-0.15, -0.1) is 0 Å². The predicted molar refractivity (Wildman–Crippen MR) is 167 cm³/mol. The lowest BCUT2D eigenvalue weighted by Crippen LogP contribution is -2.26. The Labute approximate surface area is 233 Å². The highest BCUT2D eigenvalue weighted by Gasteiger charge is 2.52. The molecule has 2 aliphatic carbocycles. The molecule has 1 N–H and O–H groups in total. The van der Waals surface area contributed by atoms with E-state index in [1.165, 1.54) is 66.1 Å². The van der Waals surface area contributed by atoms with Gasteiger partial charge < -0.3 is 5.32 Å². The lowest BCUT2D eigenvalue weighted by atomic mass is 9.69. The highest BCUT2D eigenvalue weighted by atomic mass is 14.9. The summed E-state index contributed by atoms with van der Waals surface area (Å²) in [6.07, 6.45) is 0. The number of hydrogen-bond donors (Lipinski definition) is 1. The van der Waals surface area contributed by atoms with Crippen LogP contribution in [0.2, 0.25) is 0 Å². The van der Waals surface area contributed by atoms with Crippen LogP contribution in [0.25, 0.3) is 43.8 Å². The van der Waals surface area contributed by atoms with E-state index in [1.54, 1.807) is 0 Å². The average Bonchev–Trinajstić information content (AvgIpc) is 3.48. The van der Waals surface area contributed by atoms with Crippen molar-refractivity contribution in [2.45, 2.75) is 5.41 Å². The molecule has 7 aromatic rings. The van der Waals surface area contributed by atoms with Crippen LogP contribution in [0, 0.1) is 0 Å². The first kappa shape index (κ1) is 21.8. The molecule has 40 heavy (non-hydrogen) atoms. The van der Waals surface area contributed by atoms with Crippen molar-refractivity contribution in [1.82, 2.24) is 0 Å². The van der Waals surface area contributed by atoms with Crippen LogP contribution in [0.15, 0.2) is 146 Å². The summed E-state index contributed by atoms with van der Waals surface area (Å²) in [6, 6.07) is 53.6. The van der Waals surface area contributed by atoms with Gasteiger partial charge in [-0.25, -0.2) is 0 Å². The van der Waals surface area contributed by atoms with Gasteiger partial charge in [-0.1, -0.05) is 121 Å². The zero-order valence-corrected chi connectivity index (χ0v) is 21.9. The van der Waals surface area contributed by atoms with E-state index in [1.807, 2.05) is 0 Å². The van der Waals surface area contributed by atoms with Crippen molar-refractivity contribution in [3.63, 3.8) is 0 Å². The Morgan fingerprint density at radius 1 is 0.375 bits per heavy atom. The first-order valence-electron chi connectivity index (χ1n) is 13.9. The smallest absolute Gasteiger partial charge is 0.0731 e. The maximum atomic E-state index is 3.70. The van der Waals surface area contributed by atoms with Crippen molar-refractivity contribution in [1.29, 1.82) is 0 Å². The second kappa shape index (κ2) is 7.94. The maximum Gasteiger partial charge on any atom is 0.0731 e. The summed E-state index contributed by atoms with van der Waals surface area (Å²) in [5.74, 6) is 0. The summed E-state index contributed by atoms with van der Waals surface area (Å²) in [4.78, 5) is 0. The molecule has 0 aromatic heterocycles. The van der Waals surface area contributed by atoms with Crippen LogP contribution in [-0.2, 0) is 5.41 Å². The quantitative estimate of drug-likeness (QED) is 0.245. The first-order chi connectivity index (χ1) is 19.8. The van der Waals surface area contributed by atoms with E-state index in [2.05, 4.69) is 151 Å². The summed E-state index contributed by atoms with van der Waals surface area (Å²) in [5, 5.41) is 8.81. The molecular weight excluding hydrogens is 482 g/mol. The van der Waals surface area contributed by atoms with Crippen molar-refractivity contribution >= 4 is 32.9 Å². The number of benzene rings is 7. The van der Waals surface area contributed by atoms with Gasteiger partial charge in [-0.05, 0) is 90.3 Å². The molecule has 1 heteroatoms. The lowest BCUT2D eigenvalue weighted by molar-refractivity contribution is 0.801. The summed E-state index contributed by atoms with van der Waals surface area (Å²) in [6.45, 7) is 0. The van der Waals surface area contributed by atoms with Crippen LogP contribution < -0.4 is 5.32 Å². The number of rotatable bonds is 2. The molecule has 9 rings (SSSR count). The summed E-state index contributed by atoms with van der Waals surface area (Å²) >= 11 is 0. The molecule has 0 saturated carbocycles. The third kappa shape index (κ3) is 2.76. The Balaban J connectivity index is 1.31. The van der Waals surface area contributed by atoms with Gasteiger partial charge in [0.25, 0.3) is 0 Å². The van der Waals surface area contributed by atoms with Crippen molar-refractivity contribution in [2.75, 3.05) is 5.32 Å². The van der Waals surface area contributed by atoms with Crippen LogP contribution in [0.1, 0.15) is 22.3 Å². The summed E-state index contributed by atoms with van der Waals surface area (Å²) < 4.78 is 0. The molecule has 0 radical (unpaired) electrons. The number of anilines is 2. The molecule has 0 bridgehead atoms. The monoisotopic (exact) mass is 507 g/mol. The average molecular weight is 508 g/mol. The second-order valence-electron chi connectivity index (χ2n) is 11.0. The number of nitrogens with one attached hydrogen (secondary N) is 1. The Morgan fingerprint density at radius 3 is 1.77 bits per heavy atom. The van der Waals surface area contributed by atoms with Crippen LogP contribution in [0.5, 0.6) is 0 Å². The first-order valence-corrected chi connectivity index (χ1v) is 13.9. The Morgan fingerprint density at radius 2 is 0.950 bits per heavy atom. The molecule has 0 heterocycles. The van der Waals surface area contributed by atoms with Crippen LogP contribution in [-0.4, -0.2) is 0 Å². The van der Waals surface area contributed by atoms with Gasteiger partial charge in [-0.2, -0.15) is 0 Å². The Bertz CT molecular complexity index is 2150. The zero-order chi connectivity index (χ0) is 26.3. The van der Waals surface area contributed by atoms with Crippen LogP contribution >= 0.6 is 0 Å². The molecule has 0 saturated heterocycles. The molecule has 1 nitrogen and oxygen atoms in total. The van der Waals surface area contributed by atoms with Gasteiger partial charge in [-0.3, -0.25) is 0 Å². The van der Waals surface area contributed by atoms with Crippen molar-refractivity contribution in [2.24, 2.45) is 0 Å². The fourth-order valence-electron chi connectivity index (χ4n) is 7.43. The number of fused-ring (bicyclic) bond motifs is 13. The van der Waals surface area contributed by atoms with Crippen molar-refractivity contribution in [3.05, 3.63) is 168 Å². The van der Waals surface area contributed by atoms with Crippen LogP contribution in [0.3, 0.4) is 0 Å². The summed E-state index contributed by atoms with van der Waals surface area (Å²) in [7, 11) is 0. The van der Waals surface area contributed by atoms with E-state index >= 15 is 0 Å². The van der Waals surface area contributed by atoms with Crippen molar-refractivity contribution in [3.8, 4) is 22.3 Å². The highest BCUT2D eigenvalue weighted by Crippen LogP contribution is 2.64. The second-order valence-corrected chi connectivity index (χ2v) is 11.0. The highest BCUT2D eigenvalue weighted by molar-refractivity contribution is 6.04. The molecular formula is C39H25N. The lowest BCUT2D eigenvalue weighted by Gasteiger charge is -2.31. The van der Waals surface area contributed by atoms with E-state index in [-0.39, 0.29) is 5.41 Å². The van der Waals surface area contributed by atoms with E-state index in [9.17, 15) is 0 Å². The predicted octanol–water partition coefficient (Wildman–Crippen LogP) is 10.1. The van der Waals surface area contributed by atoms with E-state index < -0.39 is 0 Å². The molecule has 1 spiro atoms. The molecule has 186 valence electrons. The van der Waals surface area contributed by atoms with E-state index in [0.29, 0.717) is 0 Å². The molecule has 0 amide bonds. The van der Waals surface area contributed by atoms with Gasteiger partial charge >= 0.3 is 0 Å². The van der Waals surface area contributed by atoms with Crippen molar-refractivity contribution < 1.29 is 0 Å². The maximum absolute atomic E-state index is 3.70. The van der Waals surface area contributed by atoms with Gasteiger partial charge in [0.05, 0.1) is 5.41 Å². The van der Waals surface area contributed by atoms with E-state index in [4.69, 9.17) is 0 Å². The topological polar surface area (TPSA) is 12.0 Å². The van der Waals surface area contributed by atoms with Gasteiger partial charge in [0.2, 0.25) is 0 Å². The minimum absolute atomic E-state index is 0.347. The zero-order valence-electron chi connectivity index (χ0n) is 21.9. The molecule has 7 aromatic carbocycles. The third-order valence-electron chi connectivity index (χ3n) is 9.01. The standard InChI is InChI=1S/C39H25N/c1-2-11-27-23-28(19-17-25(27)9-1)40-29-20-22-37-34(24-29)32-14-6-8-16-36(32)39(37)35-15-7-5-13-31(35)33-21-18-26-10-3-4-12-30(26)38(33)39/h1-24,40H. The van der Waals surface area contributed by atoms with Crippen LogP contribution in [0.4, 0.5) is 11.4 Å². The Hall–Kier alpha value is -5.14.